The molecule has 0 aliphatic heterocycles. The first-order chi connectivity index (χ1) is 36.6. The van der Waals surface area contributed by atoms with Crippen molar-refractivity contribution in [2.24, 2.45) is 35.5 Å². The molecule has 2 aliphatic rings. The molecule has 444 valence electrons. The molecule has 0 heterocycles. The Morgan fingerprint density at radius 2 is 1.00 bits per heavy atom. The summed E-state index contributed by atoms with van der Waals surface area (Å²) in [5, 5.41) is 0. The number of ketones is 2. The second-order valence-corrected chi connectivity index (χ2v) is 23.7. The van der Waals surface area contributed by atoms with Gasteiger partial charge in [-0.25, -0.2) is 0 Å². The number of hydrogen-bond donors (Lipinski definition) is 0. The van der Waals surface area contributed by atoms with Crippen LogP contribution in [0.5, 0.6) is 0 Å². The summed E-state index contributed by atoms with van der Waals surface area (Å²) in [6, 6.07) is 6.56. The van der Waals surface area contributed by atoms with E-state index in [0.29, 0.717) is 95.8 Å². The number of Topliss-reactive ketones (excluding diaryl/α,β-unsaturated/α-hetero) is 2. The Hall–Kier alpha value is -0.810. The number of alkyl halides is 1. The van der Waals surface area contributed by atoms with Gasteiger partial charge in [0.05, 0.1) is 50.1 Å². The van der Waals surface area contributed by atoms with E-state index in [2.05, 4.69) is 48.6 Å². The summed E-state index contributed by atoms with van der Waals surface area (Å²) in [6.45, 7) is 18.7. The van der Waals surface area contributed by atoms with Crippen molar-refractivity contribution in [3.8, 4) is 0 Å². The SMILES string of the molecule is CCCCCCCOCCOCC[C@H]1[C@H](CI)CC(=O)[C@@H]1CC=CCCCC(=O)OC(C)C.CCCCCCCOCCOCC[C@H]1[C@H](COS(=O)(=O)c2ccc(C)cc2)CC(=O)[C@@H]1CC=CCCCC(=O)OC(C)C.[I-].[Na+]. The van der Waals surface area contributed by atoms with Crippen molar-refractivity contribution in [3.05, 3.63) is 54.1 Å². The first-order valence-corrected chi connectivity index (χ1v) is 32.1. The van der Waals surface area contributed by atoms with E-state index in [4.69, 9.17) is 32.6 Å². The number of hydrogen-bond acceptors (Lipinski definition) is 13. The molecule has 2 fully saturated rings. The zero-order chi connectivity index (χ0) is 55.8. The zero-order valence-electron chi connectivity index (χ0n) is 49.3. The first-order valence-electron chi connectivity index (χ1n) is 29.2. The molecule has 0 radical (unpaired) electrons. The number of aryl methyl sites for hydroxylation is 1. The number of ether oxygens (including phenoxy) is 6. The van der Waals surface area contributed by atoms with Crippen molar-refractivity contribution in [2.45, 2.75) is 207 Å². The second kappa shape index (κ2) is 48.6. The van der Waals surface area contributed by atoms with Gasteiger partial charge >= 0.3 is 41.5 Å². The minimum absolute atomic E-state index is 0. The van der Waals surface area contributed by atoms with Crippen molar-refractivity contribution in [2.75, 3.05) is 63.9 Å². The van der Waals surface area contributed by atoms with Crippen LogP contribution in [0.2, 0.25) is 0 Å². The van der Waals surface area contributed by atoms with Crippen molar-refractivity contribution < 1.29 is 114 Å². The molecule has 0 spiro atoms. The van der Waals surface area contributed by atoms with Gasteiger partial charge in [-0.15, -0.1) is 0 Å². The fourth-order valence-corrected chi connectivity index (χ4v) is 11.8. The Balaban J connectivity index is 0.00000153. The van der Waals surface area contributed by atoms with Gasteiger partial charge in [-0.05, 0) is 135 Å². The van der Waals surface area contributed by atoms with Crippen LogP contribution in [0.4, 0.5) is 0 Å². The summed E-state index contributed by atoms with van der Waals surface area (Å²) in [5.41, 5.74) is 0.962. The predicted molar refractivity (Wildman–Crippen MR) is 311 cm³/mol. The Kier molecular flexibility index (Phi) is 48.0. The molecule has 17 heteroatoms. The van der Waals surface area contributed by atoms with Gasteiger partial charge in [-0.1, -0.05) is 130 Å². The number of halogens is 2. The van der Waals surface area contributed by atoms with Gasteiger partial charge in [0.15, 0.2) is 0 Å². The fraction of sp³-hybridized carbons (Fsp3) is 0.770. The Morgan fingerprint density at radius 3 is 1.42 bits per heavy atom. The molecule has 13 nitrogen and oxygen atoms in total. The summed E-state index contributed by atoms with van der Waals surface area (Å²) < 4.78 is 65.5. The number of benzene rings is 1. The van der Waals surface area contributed by atoms with Gasteiger partial charge in [0.25, 0.3) is 10.1 Å². The maximum Gasteiger partial charge on any atom is 1.00 e. The molecule has 0 amide bonds. The van der Waals surface area contributed by atoms with E-state index in [9.17, 15) is 27.6 Å². The average Bonchev–Trinajstić information content (AvgIpc) is 3.86. The van der Waals surface area contributed by atoms with E-state index in [-0.39, 0.29) is 125 Å². The Morgan fingerprint density at radius 1 is 0.590 bits per heavy atom. The quantitative estimate of drug-likeness (QED) is 0.0119. The van der Waals surface area contributed by atoms with Crippen molar-refractivity contribution >= 4 is 56.2 Å². The van der Waals surface area contributed by atoms with Crippen LogP contribution in [0.25, 0.3) is 0 Å². The van der Waals surface area contributed by atoms with Gasteiger partial charge in [0.2, 0.25) is 0 Å². The molecule has 3 rings (SSSR count). The molecule has 0 N–H and O–H groups in total. The number of carbonyl (C=O) groups excluding carboxylic acids is 4. The summed E-state index contributed by atoms with van der Waals surface area (Å²) in [4.78, 5) is 49.1. The molecule has 2 saturated carbocycles. The van der Waals surface area contributed by atoms with E-state index in [1.807, 2.05) is 46.8 Å². The van der Waals surface area contributed by atoms with Crippen LogP contribution in [-0.2, 0) is 61.9 Å². The molecule has 0 aromatic heterocycles. The van der Waals surface area contributed by atoms with Crippen LogP contribution < -0.4 is 53.5 Å². The summed E-state index contributed by atoms with van der Waals surface area (Å²) >= 11 is 2.42. The molecule has 6 atom stereocenters. The third-order valence-electron chi connectivity index (χ3n) is 14.0. The number of rotatable bonds is 43. The second-order valence-electron chi connectivity index (χ2n) is 21.2. The molecule has 0 unspecified atom stereocenters. The van der Waals surface area contributed by atoms with Crippen molar-refractivity contribution in [1.82, 2.24) is 0 Å². The van der Waals surface area contributed by atoms with E-state index in [1.165, 1.54) is 51.4 Å². The third-order valence-corrected chi connectivity index (χ3v) is 16.4. The summed E-state index contributed by atoms with van der Waals surface area (Å²) in [6.07, 6.45) is 28.2. The van der Waals surface area contributed by atoms with Crippen LogP contribution in [0.3, 0.4) is 0 Å². The first kappa shape index (κ1) is 77.2. The van der Waals surface area contributed by atoms with E-state index >= 15 is 0 Å². The van der Waals surface area contributed by atoms with Gasteiger partial charge in [-0.3, -0.25) is 23.4 Å². The smallest absolute Gasteiger partial charge is 1.00 e. The maximum atomic E-state index is 13.1. The molecule has 1 aromatic rings. The Labute approximate surface area is 525 Å². The molecule has 2 aliphatic carbocycles. The molecule has 0 bridgehead atoms. The number of allylic oxidation sites excluding steroid dienone is 4. The average molecular weight is 1350 g/mol. The topological polar surface area (TPSA) is 167 Å². The van der Waals surface area contributed by atoms with E-state index in [0.717, 1.165) is 68.2 Å². The molecule has 78 heavy (non-hydrogen) atoms. The molecular formula is C61H101I2NaO13S. The third kappa shape index (κ3) is 36.0. The summed E-state index contributed by atoms with van der Waals surface area (Å²) in [5.74, 6) is 0.689. The standard InChI is InChI=1S/C34H54O8S.C27H47IO5.HI.Na/c1-5-6-7-10-13-21-39-23-24-40-22-20-31-29(26-41-43(37,38)30-18-16-28(4)17-19-30)25-33(35)32(31)14-11-8-9-12-15-34(36)42-27(2)3;1-4-5-6-9-12-16-31-18-19-32-17-15-24-23(21-28)20-26(29)25(24)13-10-7-8-11-14-27(30)33-22(2)3;;/h8,11,16-19,27,29,31-32H,5-7,9-10,12-15,20-26H2,1-4H3;7,10,22-25H,4-6,8-9,11-21H2,1-3H3;1H;/q;;;+1/p-1/t29-,31-,32+;23-,24-,25+;;/m00../s1. The zero-order valence-corrected chi connectivity index (χ0v) is 56.5. The minimum Gasteiger partial charge on any atom is -1.00 e. The van der Waals surface area contributed by atoms with E-state index < -0.39 is 10.1 Å². The largest absolute Gasteiger partial charge is 1.00 e. The molecule has 1 aromatic carbocycles. The monoisotopic (exact) mass is 1350 g/mol. The van der Waals surface area contributed by atoms with Crippen LogP contribution in [0.1, 0.15) is 188 Å². The van der Waals surface area contributed by atoms with Crippen LogP contribution in [0.15, 0.2) is 53.5 Å². The van der Waals surface area contributed by atoms with Gasteiger partial charge in [-0.2, -0.15) is 8.42 Å². The fourth-order valence-electron chi connectivity index (χ4n) is 9.84. The maximum absolute atomic E-state index is 13.1. The van der Waals surface area contributed by atoms with Crippen molar-refractivity contribution in [1.29, 1.82) is 0 Å². The van der Waals surface area contributed by atoms with Gasteiger partial charge in [0, 0.05) is 68.4 Å². The molecule has 0 saturated heterocycles. The normalized spacial score (nSPS) is 19.4. The number of carbonyl (C=O) groups is 4. The van der Waals surface area contributed by atoms with Crippen molar-refractivity contribution in [3.63, 3.8) is 0 Å². The number of unbranched alkanes of at least 4 members (excludes halogenated alkanes) is 10. The van der Waals surface area contributed by atoms with Gasteiger partial charge < -0.3 is 52.4 Å². The predicted octanol–water partition coefficient (Wildman–Crippen LogP) is 7.70. The van der Waals surface area contributed by atoms with E-state index in [1.54, 1.807) is 24.3 Å². The van der Waals surface area contributed by atoms with Crippen LogP contribution >= 0.6 is 22.6 Å². The molecular weight excluding hydrogens is 1250 g/mol. The summed E-state index contributed by atoms with van der Waals surface area (Å²) in [7, 11) is -3.92. The number of esters is 2. The minimum atomic E-state index is -3.92. The Bertz CT molecular complexity index is 1880. The van der Waals surface area contributed by atoms with Crippen LogP contribution in [0, 0.1) is 42.4 Å². The van der Waals surface area contributed by atoms with Gasteiger partial charge in [0.1, 0.15) is 11.6 Å². The van der Waals surface area contributed by atoms with Crippen LogP contribution in [-0.4, -0.2) is 108 Å².